The Hall–Kier alpha value is -2.44. The fraction of sp³-hybridized carbons (Fsp3) is 0.385. The van der Waals surface area contributed by atoms with Crippen molar-refractivity contribution in [2.75, 3.05) is 6.54 Å². The van der Waals surface area contributed by atoms with E-state index in [9.17, 15) is 19.7 Å². The first-order valence-electron chi connectivity index (χ1n) is 6.12. The van der Waals surface area contributed by atoms with Crippen molar-refractivity contribution >= 4 is 17.6 Å². The number of carbonyl (C=O) groups is 2. The van der Waals surface area contributed by atoms with Gasteiger partial charge in [-0.2, -0.15) is 0 Å². The van der Waals surface area contributed by atoms with Gasteiger partial charge in [0.05, 0.1) is 10.8 Å². The molecule has 1 aromatic rings. The van der Waals surface area contributed by atoms with Gasteiger partial charge in [-0.3, -0.25) is 19.7 Å². The van der Waals surface area contributed by atoms with E-state index in [0.717, 1.165) is 0 Å². The molecular formula is C13H16N2O5. The van der Waals surface area contributed by atoms with Crippen molar-refractivity contribution in [3.05, 3.63) is 39.4 Å². The first-order valence-corrected chi connectivity index (χ1v) is 6.12. The minimum atomic E-state index is -0.983. The highest BCUT2D eigenvalue weighted by Crippen LogP contribution is 2.17. The molecule has 108 valence electrons. The minimum Gasteiger partial charge on any atom is -0.481 e. The van der Waals surface area contributed by atoms with Crippen molar-refractivity contribution in [3.63, 3.8) is 0 Å². The molecular weight excluding hydrogens is 264 g/mol. The van der Waals surface area contributed by atoms with Gasteiger partial charge in [0.25, 0.3) is 11.6 Å². The number of aliphatic carboxylic acids is 1. The number of hydrogen-bond donors (Lipinski definition) is 2. The number of nitrogens with zero attached hydrogens (tertiary/aromatic N) is 1. The summed E-state index contributed by atoms with van der Waals surface area (Å²) in [5.74, 6) is -2.16. The number of amides is 1. The summed E-state index contributed by atoms with van der Waals surface area (Å²) in [6, 6.07) is 3.99. The zero-order chi connectivity index (χ0) is 15.3. The van der Waals surface area contributed by atoms with E-state index < -0.39 is 22.7 Å². The predicted molar refractivity (Wildman–Crippen MR) is 71.6 cm³/mol. The van der Waals surface area contributed by atoms with E-state index in [1.54, 1.807) is 13.8 Å². The third-order valence-electron chi connectivity index (χ3n) is 3.03. The number of nitro groups is 1. The van der Waals surface area contributed by atoms with Crippen LogP contribution in [0.15, 0.2) is 18.2 Å². The van der Waals surface area contributed by atoms with Gasteiger partial charge in [0.1, 0.15) is 0 Å². The number of nitro benzene ring substituents is 1. The summed E-state index contributed by atoms with van der Waals surface area (Å²) in [4.78, 5) is 32.9. The highest BCUT2D eigenvalue weighted by Gasteiger charge is 2.18. The third-order valence-corrected chi connectivity index (χ3v) is 3.03. The van der Waals surface area contributed by atoms with Crippen LogP contribution < -0.4 is 5.32 Å². The molecule has 7 nitrogen and oxygen atoms in total. The molecule has 1 rings (SSSR count). The molecule has 7 heteroatoms. The van der Waals surface area contributed by atoms with Crippen LogP contribution >= 0.6 is 0 Å². The molecule has 1 aromatic carbocycles. The lowest BCUT2D eigenvalue weighted by molar-refractivity contribution is -0.384. The fourth-order valence-electron chi connectivity index (χ4n) is 1.69. The van der Waals surface area contributed by atoms with Crippen molar-refractivity contribution in [2.45, 2.75) is 20.3 Å². The van der Waals surface area contributed by atoms with E-state index in [2.05, 4.69) is 5.32 Å². The van der Waals surface area contributed by atoms with Gasteiger partial charge in [-0.15, -0.1) is 0 Å². The number of hydrogen-bond acceptors (Lipinski definition) is 4. The third kappa shape index (κ3) is 3.78. The van der Waals surface area contributed by atoms with E-state index >= 15 is 0 Å². The molecule has 2 N–H and O–H groups in total. The predicted octanol–water partition coefficient (Wildman–Crippen LogP) is 1.74. The highest BCUT2D eigenvalue weighted by molar-refractivity contribution is 5.96. The molecule has 1 unspecified atom stereocenters. The summed E-state index contributed by atoms with van der Waals surface area (Å²) < 4.78 is 0. The van der Waals surface area contributed by atoms with Crippen LogP contribution in [0, 0.1) is 23.0 Å². The smallest absolute Gasteiger partial charge is 0.308 e. The maximum absolute atomic E-state index is 12.0. The Balaban J connectivity index is 2.84. The van der Waals surface area contributed by atoms with Crippen LogP contribution in [0.2, 0.25) is 0 Å². The number of carbonyl (C=O) groups excluding carboxylic acids is 1. The summed E-state index contributed by atoms with van der Waals surface area (Å²) in [5.41, 5.74) is 0.599. The van der Waals surface area contributed by atoms with Crippen molar-refractivity contribution in [1.82, 2.24) is 5.32 Å². The Morgan fingerprint density at radius 2 is 2.10 bits per heavy atom. The van der Waals surface area contributed by atoms with E-state index in [1.165, 1.54) is 18.2 Å². The molecule has 0 spiro atoms. The highest BCUT2D eigenvalue weighted by atomic mass is 16.6. The molecule has 0 fully saturated rings. The molecule has 0 radical (unpaired) electrons. The van der Waals surface area contributed by atoms with Crippen LogP contribution in [0.25, 0.3) is 0 Å². The Labute approximate surface area is 115 Å². The van der Waals surface area contributed by atoms with Gasteiger partial charge in [-0.25, -0.2) is 0 Å². The van der Waals surface area contributed by atoms with Crippen molar-refractivity contribution < 1.29 is 19.6 Å². The van der Waals surface area contributed by atoms with E-state index in [1.807, 2.05) is 0 Å². The lowest BCUT2D eigenvalue weighted by Crippen LogP contribution is -2.33. The zero-order valence-corrected chi connectivity index (χ0v) is 11.3. The summed E-state index contributed by atoms with van der Waals surface area (Å²) in [6.07, 6.45) is 0.392. The molecule has 1 amide bonds. The topological polar surface area (TPSA) is 110 Å². The SMILES string of the molecule is CCC(CNC(=O)c1cc([N+](=O)[O-])ccc1C)C(=O)O. The van der Waals surface area contributed by atoms with Crippen LogP contribution in [0.3, 0.4) is 0 Å². The van der Waals surface area contributed by atoms with Gasteiger partial charge in [-0.05, 0) is 18.9 Å². The number of benzene rings is 1. The molecule has 0 aliphatic carbocycles. The summed E-state index contributed by atoms with van der Waals surface area (Å²) in [6.45, 7) is 3.36. The van der Waals surface area contributed by atoms with Crippen LogP contribution in [-0.2, 0) is 4.79 Å². The van der Waals surface area contributed by atoms with E-state index in [-0.39, 0.29) is 17.8 Å². The Morgan fingerprint density at radius 1 is 1.45 bits per heavy atom. The lowest BCUT2D eigenvalue weighted by Gasteiger charge is -2.12. The fourth-order valence-corrected chi connectivity index (χ4v) is 1.69. The maximum Gasteiger partial charge on any atom is 0.308 e. The van der Waals surface area contributed by atoms with Gasteiger partial charge >= 0.3 is 5.97 Å². The molecule has 0 aromatic heterocycles. The molecule has 1 atom stereocenters. The van der Waals surface area contributed by atoms with Crippen molar-refractivity contribution in [3.8, 4) is 0 Å². The van der Waals surface area contributed by atoms with Crippen LogP contribution in [0.4, 0.5) is 5.69 Å². The van der Waals surface area contributed by atoms with Gasteiger partial charge in [0.2, 0.25) is 0 Å². The summed E-state index contributed by atoms with van der Waals surface area (Å²) in [5, 5.41) is 22.1. The second-order valence-corrected chi connectivity index (χ2v) is 4.41. The molecule has 20 heavy (non-hydrogen) atoms. The summed E-state index contributed by atoms with van der Waals surface area (Å²) in [7, 11) is 0. The number of carboxylic acid groups (broad SMARTS) is 1. The molecule has 0 saturated heterocycles. The van der Waals surface area contributed by atoms with Crippen LogP contribution in [-0.4, -0.2) is 28.5 Å². The molecule has 0 saturated carbocycles. The van der Waals surface area contributed by atoms with Crippen LogP contribution in [0.5, 0.6) is 0 Å². The van der Waals surface area contributed by atoms with Gasteiger partial charge in [0, 0.05) is 24.2 Å². The standard InChI is InChI=1S/C13H16N2O5/c1-3-9(13(17)18)7-14-12(16)11-6-10(15(19)20)5-4-8(11)2/h4-6,9H,3,7H2,1-2H3,(H,14,16)(H,17,18). The number of nitrogens with one attached hydrogen (secondary N) is 1. The average Bonchev–Trinajstić information content (AvgIpc) is 2.38. The number of non-ortho nitro benzene ring substituents is 1. The lowest BCUT2D eigenvalue weighted by atomic mass is 10.1. The van der Waals surface area contributed by atoms with E-state index in [4.69, 9.17) is 5.11 Å². The van der Waals surface area contributed by atoms with Crippen molar-refractivity contribution in [1.29, 1.82) is 0 Å². The van der Waals surface area contributed by atoms with Gasteiger partial charge < -0.3 is 10.4 Å². The molecule has 0 aliphatic heterocycles. The first kappa shape index (κ1) is 15.6. The number of rotatable bonds is 6. The number of carboxylic acids is 1. The number of aryl methyl sites for hydroxylation is 1. The van der Waals surface area contributed by atoms with Crippen LogP contribution in [0.1, 0.15) is 29.3 Å². The molecule has 0 heterocycles. The first-order chi connectivity index (χ1) is 9.36. The summed E-state index contributed by atoms with van der Waals surface area (Å²) >= 11 is 0. The molecule has 0 bridgehead atoms. The average molecular weight is 280 g/mol. The Bertz CT molecular complexity index is 542. The van der Waals surface area contributed by atoms with Crippen molar-refractivity contribution in [2.24, 2.45) is 5.92 Å². The normalized spacial score (nSPS) is 11.7. The second kappa shape index (κ2) is 6.65. The Kier molecular flexibility index (Phi) is 5.19. The Morgan fingerprint density at radius 3 is 2.60 bits per heavy atom. The molecule has 0 aliphatic rings. The van der Waals surface area contributed by atoms with E-state index in [0.29, 0.717) is 12.0 Å². The monoisotopic (exact) mass is 280 g/mol. The van der Waals surface area contributed by atoms with Gasteiger partial charge in [-0.1, -0.05) is 13.0 Å². The zero-order valence-electron chi connectivity index (χ0n) is 11.3. The largest absolute Gasteiger partial charge is 0.481 e. The quantitative estimate of drug-likeness (QED) is 0.609. The van der Waals surface area contributed by atoms with Gasteiger partial charge in [0.15, 0.2) is 0 Å². The minimum absolute atomic E-state index is 0.00714. The second-order valence-electron chi connectivity index (χ2n) is 4.41. The maximum atomic E-state index is 12.0.